The van der Waals surface area contributed by atoms with Crippen molar-refractivity contribution in [3.05, 3.63) is 0 Å². The van der Waals surface area contributed by atoms with E-state index in [-0.39, 0.29) is 17.0 Å². The van der Waals surface area contributed by atoms with Gasteiger partial charge >= 0.3 is 5.97 Å². The van der Waals surface area contributed by atoms with Gasteiger partial charge in [-0.1, -0.05) is 40.0 Å². The highest BCUT2D eigenvalue weighted by molar-refractivity contribution is 5.81. The summed E-state index contributed by atoms with van der Waals surface area (Å²) >= 11 is 0. The molecule has 0 aromatic carbocycles. The predicted octanol–water partition coefficient (Wildman–Crippen LogP) is 4.96. The van der Waals surface area contributed by atoms with E-state index in [2.05, 4.69) is 34.6 Å². The van der Waals surface area contributed by atoms with Crippen molar-refractivity contribution in [2.75, 3.05) is 0 Å². The van der Waals surface area contributed by atoms with Gasteiger partial charge in [0.25, 0.3) is 0 Å². The molecule has 2 aliphatic rings. The third kappa shape index (κ3) is 3.20. The molecule has 2 atom stereocenters. The summed E-state index contributed by atoms with van der Waals surface area (Å²) in [5.41, 5.74) is -0.454. The van der Waals surface area contributed by atoms with Crippen molar-refractivity contribution in [3.8, 4) is 0 Å². The number of hydrogen-bond donors (Lipinski definition) is 0. The standard InChI is InChI=1S/C18H32O2/c1-13(2)11-18(12-14(18)3)16(19)20-17(4,5)15-9-7-6-8-10-15/h13-15H,6-12H2,1-5H3. The molecule has 20 heavy (non-hydrogen) atoms. The van der Waals surface area contributed by atoms with Crippen LogP contribution in [0.4, 0.5) is 0 Å². The number of rotatable bonds is 5. The van der Waals surface area contributed by atoms with E-state index in [0.29, 0.717) is 17.8 Å². The van der Waals surface area contributed by atoms with Gasteiger partial charge < -0.3 is 4.74 Å². The van der Waals surface area contributed by atoms with E-state index in [1.54, 1.807) is 0 Å². The smallest absolute Gasteiger partial charge is 0.312 e. The van der Waals surface area contributed by atoms with Gasteiger partial charge in [0.05, 0.1) is 5.41 Å². The zero-order valence-electron chi connectivity index (χ0n) is 14.0. The average molecular weight is 280 g/mol. The summed E-state index contributed by atoms with van der Waals surface area (Å²) < 4.78 is 6.04. The van der Waals surface area contributed by atoms with E-state index in [1.165, 1.54) is 32.1 Å². The van der Waals surface area contributed by atoms with E-state index >= 15 is 0 Å². The zero-order chi connectivity index (χ0) is 15.0. The fourth-order valence-electron chi connectivity index (χ4n) is 4.09. The fraction of sp³-hybridized carbons (Fsp3) is 0.944. The summed E-state index contributed by atoms with van der Waals surface area (Å²) in [4.78, 5) is 12.7. The molecular weight excluding hydrogens is 248 g/mol. The summed E-state index contributed by atoms with van der Waals surface area (Å²) in [5, 5.41) is 0. The summed E-state index contributed by atoms with van der Waals surface area (Å²) in [6.07, 6.45) is 8.35. The Morgan fingerprint density at radius 1 is 1.25 bits per heavy atom. The van der Waals surface area contributed by atoms with Gasteiger partial charge in [-0.15, -0.1) is 0 Å². The topological polar surface area (TPSA) is 26.3 Å². The maximum Gasteiger partial charge on any atom is 0.312 e. The van der Waals surface area contributed by atoms with E-state index in [9.17, 15) is 4.79 Å². The molecule has 0 spiro atoms. The van der Waals surface area contributed by atoms with Crippen LogP contribution in [0.2, 0.25) is 0 Å². The summed E-state index contributed by atoms with van der Waals surface area (Å²) in [6.45, 7) is 10.8. The van der Waals surface area contributed by atoms with Gasteiger partial charge in [0, 0.05) is 0 Å². The van der Waals surface area contributed by atoms with Crippen molar-refractivity contribution >= 4 is 5.97 Å². The fourth-order valence-corrected chi connectivity index (χ4v) is 4.09. The van der Waals surface area contributed by atoms with Gasteiger partial charge in [-0.2, -0.15) is 0 Å². The second-order valence-electron chi connectivity index (χ2n) is 8.19. The Balaban J connectivity index is 1.99. The molecule has 2 nitrogen and oxygen atoms in total. The lowest BCUT2D eigenvalue weighted by molar-refractivity contribution is -0.171. The van der Waals surface area contributed by atoms with Gasteiger partial charge in [-0.3, -0.25) is 4.79 Å². The lowest BCUT2D eigenvalue weighted by Crippen LogP contribution is -2.40. The first-order chi connectivity index (χ1) is 9.28. The summed E-state index contributed by atoms with van der Waals surface area (Å²) in [5.74, 6) is 1.68. The van der Waals surface area contributed by atoms with Crippen LogP contribution in [-0.2, 0) is 9.53 Å². The van der Waals surface area contributed by atoms with Crippen molar-refractivity contribution in [1.82, 2.24) is 0 Å². The molecule has 0 radical (unpaired) electrons. The molecule has 2 saturated carbocycles. The molecule has 116 valence electrons. The minimum Gasteiger partial charge on any atom is -0.459 e. The maximum atomic E-state index is 12.7. The average Bonchev–Trinajstić information content (AvgIpc) is 3.00. The lowest BCUT2D eigenvalue weighted by atomic mass is 9.78. The number of carbonyl (C=O) groups is 1. The van der Waals surface area contributed by atoms with E-state index < -0.39 is 0 Å². The van der Waals surface area contributed by atoms with Crippen molar-refractivity contribution < 1.29 is 9.53 Å². The van der Waals surface area contributed by atoms with Crippen molar-refractivity contribution in [1.29, 1.82) is 0 Å². The zero-order valence-corrected chi connectivity index (χ0v) is 14.0. The Morgan fingerprint density at radius 2 is 1.80 bits per heavy atom. The van der Waals surface area contributed by atoms with Gasteiger partial charge in [0.15, 0.2) is 0 Å². The molecule has 2 fully saturated rings. The second kappa shape index (κ2) is 5.69. The largest absolute Gasteiger partial charge is 0.459 e. The van der Waals surface area contributed by atoms with Gasteiger partial charge in [0.2, 0.25) is 0 Å². The van der Waals surface area contributed by atoms with Crippen molar-refractivity contribution in [2.45, 2.75) is 85.2 Å². The maximum absolute atomic E-state index is 12.7. The van der Waals surface area contributed by atoms with E-state index in [1.807, 2.05) is 0 Å². The lowest BCUT2D eigenvalue weighted by Gasteiger charge is -2.37. The molecule has 0 aromatic heterocycles. The molecule has 0 aliphatic heterocycles. The number of hydrogen-bond acceptors (Lipinski definition) is 2. The van der Waals surface area contributed by atoms with Gasteiger partial charge in [-0.25, -0.2) is 0 Å². The first-order valence-electron chi connectivity index (χ1n) is 8.51. The number of ether oxygens (including phenoxy) is 1. The Kier molecular flexibility index (Phi) is 4.51. The normalized spacial score (nSPS) is 31.4. The first kappa shape index (κ1) is 15.9. The molecular formula is C18H32O2. The molecule has 2 heteroatoms. The molecule has 2 unspecified atom stereocenters. The van der Waals surface area contributed by atoms with Crippen LogP contribution in [0.1, 0.15) is 79.6 Å². The Morgan fingerprint density at radius 3 is 2.25 bits per heavy atom. The molecule has 0 saturated heterocycles. The Bertz CT molecular complexity index is 352. The minimum absolute atomic E-state index is 0.0780. The highest BCUT2D eigenvalue weighted by Gasteiger charge is 2.59. The van der Waals surface area contributed by atoms with Gasteiger partial charge in [0.1, 0.15) is 5.60 Å². The Labute approximate surface area is 124 Å². The third-order valence-electron chi connectivity index (χ3n) is 5.58. The van der Waals surface area contributed by atoms with Crippen molar-refractivity contribution in [3.63, 3.8) is 0 Å². The van der Waals surface area contributed by atoms with Crippen LogP contribution in [0.5, 0.6) is 0 Å². The second-order valence-corrected chi connectivity index (χ2v) is 8.19. The molecule has 2 aliphatic carbocycles. The monoisotopic (exact) mass is 280 g/mol. The summed E-state index contributed by atoms with van der Waals surface area (Å²) in [7, 11) is 0. The molecule has 0 heterocycles. The minimum atomic E-state index is -0.288. The van der Waals surface area contributed by atoms with E-state index in [0.717, 1.165) is 12.8 Å². The van der Waals surface area contributed by atoms with Crippen molar-refractivity contribution in [2.24, 2.45) is 23.2 Å². The Hall–Kier alpha value is -0.530. The van der Waals surface area contributed by atoms with Crippen LogP contribution in [0.15, 0.2) is 0 Å². The molecule has 0 amide bonds. The predicted molar refractivity (Wildman–Crippen MR) is 82.4 cm³/mol. The third-order valence-corrected chi connectivity index (χ3v) is 5.58. The highest BCUT2D eigenvalue weighted by atomic mass is 16.6. The van der Waals surface area contributed by atoms with Gasteiger partial charge in [-0.05, 0) is 57.3 Å². The molecule has 0 bridgehead atoms. The van der Waals surface area contributed by atoms with Crippen LogP contribution in [0, 0.1) is 23.2 Å². The van der Waals surface area contributed by atoms with E-state index in [4.69, 9.17) is 4.74 Å². The first-order valence-corrected chi connectivity index (χ1v) is 8.51. The quantitative estimate of drug-likeness (QED) is 0.665. The van der Waals surface area contributed by atoms with Crippen LogP contribution in [0.25, 0.3) is 0 Å². The van der Waals surface area contributed by atoms with Crippen LogP contribution in [-0.4, -0.2) is 11.6 Å². The van der Waals surface area contributed by atoms with Crippen LogP contribution < -0.4 is 0 Å². The van der Waals surface area contributed by atoms with Crippen LogP contribution >= 0.6 is 0 Å². The molecule has 0 aromatic rings. The molecule has 0 N–H and O–H groups in total. The number of carbonyl (C=O) groups excluding carboxylic acids is 1. The summed E-state index contributed by atoms with van der Waals surface area (Å²) in [6, 6.07) is 0. The SMILES string of the molecule is CC(C)CC1(C(=O)OC(C)(C)C2CCCCC2)CC1C. The van der Waals surface area contributed by atoms with Crippen LogP contribution in [0.3, 0.4) is 0 Å². The highest BCUT2D eigenvalue weighted by Crippen LogP contribution is 2.58. The molecule has 2 rings (SSSR count). The number of esters is 1.